The number of carbonyl (C=O) groups excluding carboxylic acids is 1. The number of halogens is 2. The van der Waals surface area contributed by atoms with Crippen molar-refractivity contribution in [1.29, 1.82) is 0 Å². The van der Waals surface area contributed by atoms with E-state index >= 15 is 0 Å². The summed E-state index contributed by atoms with van der Waals surface area (Å²) in [6.45, 7) is 10.1. The van der Waals surface area contributed by atoms with Crippen molar-refractivity contribution in [2.24, 2.45) is 0 Å². The highest BCUT2D eigenvalue weighted by molar-refractivity contribution is 9.13. The van der Waals surface area contributed by atoms with Gasteiger partial charge in [-0.3, -0.25) is 0 Å². The first-order valence-corrected chi connectivity index (χ1v) is 11.8. The molecule has 0 aliphatic heterocycles. The Labute approximate surface area is 138 Å². The maximum atomic E-state index is 11.9. The van der Waals surface area contributed by atoms with Crippen LogP contribution >= 0.6 is 31.9 Å². The average molecular weight is 427 g/mol. The Balaban J connectivity index is 2.71. The molecular weight excluding hydrogens is 406 g/mol. The number of hydrogen-bond donors (Lipinski definition) is 0. The van der Waals surface area contributed by atoms with Crippen LogP contribution in [0.25, 0.3) is 0 Å². The molecule has 0 fully saturated rings. The van der Waals surface area contributed by atoms with Gasteiger partial charge in [0.05, 0.1) is 11.1 Å². The lowest BCUT2D eigenvalue weighted by molar-refractivity contribution is 0.0471. The molecule has 0 aliphatic carbocycles. The van der Waals surface area contributed by atoms with Gasteiger partial charge in [-0.05, 0) is 50.9 Å². The number of esters is 1. The maximum absolute atomic E-state index is 11.9. The van der Waals surface area contributed by atoms with E-state index in [2.05, 4.69) is 51.5 Å². The summed E-state index contributed by atoms with van der Waals surface area (Å²) in [6, 6.07) is 2.84. The minimum absolute atomic E-state index is 0.338. The molecule has 0 amide bonds. The van der Waals surface area contributed by atoms with Crippen molar-refractivity contribution >= 4 is 45.9 Å². The smallest absolute Gasteiger partial charge is 0.355 e. The van der Waals surface area contributed by atoms with Gasteiger partial charge in [-0.1, -0.05) is 19.6 Å². The fourth-order valence-corrected chi connectivity index (χ4v) is 3.12. The predicted octanol–water partition coefficient (Wildman–Crippen LogP) is 4.50. The monoisotopic (exact) mass is 425 g/mol. The second-order valence-corrected chi connectivity index (χ2v) is 12.9. The fraction of sp³-hybridized carbons (Fsp3) is 0.615. The average Bonchev–Trinajstić information content (AvgIpc) is 2.61. The lowest BCUT2D eigenvalue weighted by Crippen LogP contribution is -2.22. The Bertz CT molecular complexity index is 469. The largest absolute Gasteiger partial charge is 0.461 e. The molecule has 0 radical (unpaired) electrons. The van der Waals surface area contributed by atoms with Crippen LogP contribution in [0.4, 0.5) is 0 Å². The second kappa shape index (κ2) is 7.77. The van der Waals surface area contributed by atoms with Gasteiger partial charge in [-0.15, -0.1) is 0 Å². The third-order valence-electron chi connectivity index (χ3n) is 2.69. The zero-order valence-electron chi connectivity index (χ0n) is 12.3. The Morgan fingerprint density at radius 2 is 2.00 bits per heavy atom. The van der Waals surface area contributed by atoms with E-state index < -0.39 is 8.07 Å². The normalized spacial score (nSPS) is 11.7. The summed E-state index contributed by atoms with van der Waals surface area (Å²) in [7, 11) is -1.10. The summed E-state index contributed by atoms with van der Waals surface area (Å²) in [5, 5.41) is 0. The SMILES string of the molecule is CCOC(=O)c1cc(Br)c(Br)n1COCC[Si](C)(C)C. The highest BCUT2D eigenvalue weighted by Crippen LogP contribution is 2.28. The molecule has 114 valence electrons. The van der Waals surface area contributed by atoms with Crippen LogP contribution in [0.1, 0.15) is 17.4 Å². The quantitative estimate of drug-likeness (QED) is 0.366. The number of ether oxygens (including phenoxy) is 2. The van der Waals surface area contributed by atoms with Crippen LogP contribution in [0, 0.1) is 0 Å². The molecule has 1 aromatic heterocycles. The van der Waals surface area contributed by atoms with Gasteiger partial charge in [0.2, 0.25) is 0 Å². The van der Waals surface area contributed by atoms with Crippen molar-refractivity contribution in [3.63, 3.8) is 0 Å². The molecule has 0 N–H and O–H groups in total. The summed E-state index contributed by atoms with van der Waals surface area (Å²) in [5.41, 5.74) is 0.485. The van der Waals surface area contributed by atoms with E-state index in [1.165, 1.54) is 0 Å². The minimum atomic E-state index is -1.10. The number of aromatic nitrogens is 1. The topological polar surface area (TPSA) is 40.5 Å². The van der Waals surface area contributed by atoms with Crippen LogP contribution in [0.15, 0.2) is 15.1 Å². The van der Waals surface area contributed by atoms with Crippen LogP contribution < -0.4 is 0 Å². The third-order valence-corrected chi connectivity index (χ3v) is 6.39. The molecule has 0 aliphatic rings. The maximum Gasteiger partial charge on any atom is 0.355 e. The van der Waals surface area contributed by atoms with Crippen molar-refractivity contribution in [3.8, 4) is 0 Å². The Kier molecular flexibility index (Phi) is 6.97. The molecule has 0 aromatic carbocycles. The molecular formula is C13H21Br2NO3Si. The van der Waals surface area contributed by atoms with Gasteiger partial charge in [0, 0.05) is 14.7 Å². The first-order valence-electron chi connectivity index (χ1n) is 6.55. The number of rotatable bonds is 7. The summed E-state index contributed by atoms with van der Waals surface area (Å²) >= 11 is 6.85. The van der Waals surface area contributed by atoms with Gasteiger partial charge in [-0.25, -0.2) is 4.79 Å². The minimum Gasteiger partial charge on any atom is -0.461 e. The summed E-state index contributed by atoms with van der Waals surface area (Å²) < 4.78 is 14.1. The molecule has 4 nitrogen and oxygen atoms in total. The third kappa shape index (κ3) is 5.35. The Morgan fingerprint density at radius 3 is 2.55 bits per heavy atom. The van der Waals surface area contributed by atoms with Crippen LogP contribution in [-0.4, -0.2) is 31.8 Å². The Hall–Kier alpha value is -0.113. The lowest BCUT2D eigenvalue weighted by atomic mass is 10.4. The molecule has 0 unspecified atom stereocenters. The van der Waals surface area contributed by atoms with Crippen LogP contribution in [0.5, 0.6) is 0 Å². The number of carbonyl (C=O) groups is 1. The lowest BCUT2D eigenvalue weighted by Gasteiger charge is -2.16. The van der Waals surface area contributed by atoms with Gasteiger partial charge in [-0.2, -0.15) is 0 Å². The molecule has 0 saturated heterocycles. The summed E-state index contributed by atoms with van der Waals surface area (Å²) in [6.07, 6.45) is 0. The van der Waals surface area contributed by atoms with Crippen LogP contribution in [0.3, 0.4) is 0 Å². The van der Waals surface area contributed by atoms with E-state index in [1.807, 2.05) is 0 Å². The van der Waals surface area contributed by atoms with Gasteiger partial charge in [0.25, 0.3) is 0 Å². The van der Waals surface area contributed by atoms with E-state index in [1.54, 1.807) is 17.6 Å². The van der Waals surface area contributed by atoms with E-state index in [0.29, 0.717) is 25.6 Å². The molecule has 20 heavy (non-hydrogen) atoms. The molecule has 0 saturated carbocycles. The van der Waals surface area contributed by atoms with Crippen molar-refractivity contribution < 1.29 is 14.3 Å². The summed E-state index contributed by atoms with van der Waals surface area (Å²) in [5.74, 6) is -0.340. The standard InChI is InChI=1S/C13H21Br2NO3Si/c1-5-19-13(17)11-8-10(14)12(15)16(11)9-18-6-7-20(2,3)4/h8H,5-7,9H2,1-4H3. The van der Waals surface area contributed by atoms with Gasteiger partial charge < -0.3 is 14.0 Å². The highest BCUT2D eigenvalue weighted by atomic mass is 79.9. The van der Waals surface area contributed by atoms with Gasteiger partial charge >= 0.3 is 5.97 Å². The number of nitrogens with zero attached hydrogens (tertiary/aromatic N) is 1. The molecule has 1 heterocycles. The molecule has 0 spiro atoms. The van der Waals surface area contributed by atoms with E-state index in [-0.39, 0.29) is 5.97 Å². The molecule has 1 rings (SSSR count). The van der Waals surface area contributed by atoms with Crippen LogP contribution in [-0.2, 0) is 16.2 Å². The van der Waals surface area contributed by atoms with Crippen molar-refractivity contribution in [2.45, 2.75) is 39.3 Å². The van der Waals surface area contributed by atoms with Crippen molar-refractivity contribution in [2.75, 3.05) is 13.2 Å². The summed E-state index contributed by atoms with van der Waals surface area (Å²) in [4.78, 5) is 11.9. The van der Waals surface area contributed by atoms with Gasteiger partial charge in [0.15, 0.2) is 0 Å². The molecule has 7 heteroatoms. The van der Waals surface area contributed by atoms with E-state index in [9.17, 15) is 4.79 Å². The van der Waals surface area contributed by atoms with Crippen LogP contribution in [0.2, 0.25) is 25.7 Å². The zero-order valence-corrected chi connectivity index (χ0v) is 16.5. The van der Waals surface area contributed by atoms with Crippen molar-refractivity contribution in [1.82, 2.24) is 4.57 Å². The molecule has 0 atom stereocenters. The first-order chi connectivity index (χ1) is 9.26. The second-order valence-electron chi connectivity index (χ2n) is 5.66. The molecule has 1 aromatic rings. The Morgan fingerprint density at radius 1 is 1.35 bits per heavy atom. The first kappa shape index (κ1) is 17.9. The molecule has 0 bridgehead atoms. The van der Waals surface area contributed by atoms with Crippen molar-refractivity contribution in [3.05, 3.63) is 20.8 Å². The fourth-order valence-electron chi connectivity index (χ4n) is 1.53. The number of hydrogen-bond acceptors (Lipinski definition) is 3. The van der Waals surface area contributed by atoms with E-state index in [4.69, 9.17) is 9.47 Å². The van der Waals surface area contributed by atoms with E-state index in [0.717, 1.165) is 15.1 Å². The predicted molar refractivity (Wildman–Crippen MR) is 89.9 cm³/mol. The van der Waals surface area contributed by atoms with Gasteiger partial charge in [0.1, 0.15) is 17.0 Å². The zero-order chi connectivity index (χ0) is 15.3. The highest BCUT2D eigenvalue weighted by Gasteiger charge is 2.19.